The van der Waals surface area contributed by atoms with Crippen LogP contribution in [0.3, 0.4) is 0 Å². The molecule has 2 aromatic rings. The summed E-state index contributed by atoms with van der Waals surface area (Å²) < 4.78 is 0. The van der Waals surface area contributed by atoms with Gasteiger partial charge < -0.3 is 10.6 Å². The highest BCUT2D eigenvalue weighted by Gasteiger charge is 1.99. The number of anilines is 2. The summed E-state index contributed by atoms with van der Waals surface area (Å²) in [5, 5.41) is 6.61. The standard InChI is InChI=1S/C16H20N2S2/c1-3-17-13-5-9-15(10-6-13)19-20-16-11-7-14(8-12-16)18-4-2/h5-12,17-18H,3-4H2,1-2H3. The molecule has 0 aliphatic heterocycles. The maximum atomic E-state index is 3.30. The summed E-state index contributed by atoms with van der Waals surface area (Å²) in [6.07, 6.45) is 0. The first-order valence-corrected chi connectivity index (χ1v) is 8.99. The van der Waals surface area contributed by atoms with Gasteiger partial charge in [-0.25, -0.2) is 0 Å². The maximum Gasteiger partial charge on any atom is 0.0340 e. The molecule has 0 aromatic heterocycles. The smallest absolute Gasteiger partial charge is 0.0340 e. The molecule has 0 fully saturated rings. The lowest BCUT2D eigenvalue weighted by molar-refractivity contribution is 1.21. The van der Waals surface area contributed by atoms with E-state index < -0.39 is 0 Å². The predicted octanol–water partition coefficient (Wildman–Crippen LogP) is 5.35. The van der Waals surface area contributed by atoms with Gasteiger partial charge in [0.15, 0.2) is 0 Å². The predicted molar refractivity (Wildman–Crippen MR) is 92.9 cm³/mol. The van der Waals surface area contributed by atoms with E-state index in [0.29, 0.717) is 0 Å². The van der Waals surface area contributed by atoms with Crippen molar-refractivity contribution < 1.29 is 0 Å². The van der Waals surface area contributed by atoms with Crippen LogP contribution in [0.5, 0.6) is 0 Å². The molecule has 2 N–H and O–H groups in total. The monoisotopic (exact) mass is 304 g/mol. The van der Waals surface area contributed by atoms with Gasteiger partial charge in [0.05, 0.1) is 0 Å². The second kappa shape index (κ2) is 8.12. The summed E-state index contributed by atoms with van der Waals surface area (Å²) in [4.78, 5) is 2.54. The van der Waals surface area contributed by atoms with Crippen molar-refractivity contribution in [1.82, 2.24) is 0 Å². The fraction of sp³-hybridized carbons (Fsp3) is 0.250. The first kappa shape index (κ1) is 15.1. The van der Waals surface area contributed by atoms with Crippen LogP contribution >= 0.6 is 21.6 Å². The van der Waals surface area contributed by atoms with Gasteiger partial charge in [-0.3, -0.25) is 0 Å². The number of nitrogens with one attached hydrogen (secondary N) is 2. The summed E-state index contributed by atoms with van der Waals surface area (Å²) in [7, 11) is 3.58. The molecule has 0 heterocycles. The molecular formula is C16H20N2S2. The summed E-state index contributed by atoms with van der Waals surface area (Å²) in [6, 6.07) is 17.1. The second-order valence-electron chi connectivity index (χ2n) is 4.28. The molecule has 0 aliphatic carbocycles. The molecule has 0 spiro atoms. The van der Waals surface area contributed by atoms with Crippen LogP contribution in [0.4, 0.5) is 11.4 Å². The molecule has 4 heteroatoms. The first-order chi connectivity index (χ1) is 9.81. The minimum absolute atomic E-state index is 0.958. The normalized spacial score (nSPS) is 10.3. The Bertz CT molecular complexity index is 460. The van der Waals surface area contributed by atoms with E-state index >= 15 is 0 Å². The van der Waals surface area contributed by atoms with Gasteiger partial charge >= 0.3 is 0 Å². The van der Waals surface area contributed by atoms with Gasteiger partial charge in [0.1, 0.15) is 0 Å². The van der Waals surface area contributed by atoms with Crippen LogP contribution in [-0.4, -0.2) is 13.1 Å². The summed E-state index contributed by atoms with van der Waals surface area (Å²) in [6.45, 7) is 6.13. The second-order valence-corrected chi connectivity index (χ2v) is 6.55. The molecule has 0 saturated heterocycles. The van der Waals surface area contributed by atoms with E-state index in [1.165, 1.54) is 21.2 Å². The quantitative estimate of drug-likeness (QED) is 0.673. The third-order valence-corrected chi connectivity index (χ3v) is 5.12. The molecule has 2 nitrogen and oxygen atoms in total. The van der Waals surface area contributed by atoms with Crippen molar-refractivity contribution in [2.24, 2.45) is 0 Å². The summed E-state index contributed by atoms with van der Waals surface area (Å²) in [5.74, 6) is 0. The van der Waals surface area contributed by atoms with Crippen molar-refractivity contribution in [3.8, 4) is 0 Å². The van der Waals surface area contributed by atoms with Gasteiger partial charge in [-0.05, 0) is 62.4 Å². The van der Waals surface area contributed by atoms with E-state index in [9.17, 15) is 0 Å². The van der Waals surface area contributed by atoms with E-state index in [1.807, 2.05) is 0 Å². The third-order valence-electron chi connectivity index (χ3n) is 2.70. The average Bonchev–Trinajstić information content (AvgIpc) is 2.49. The maximum absolute atomic E-state index is 3.30. The van der Waals surface area contributed by atoms with Gasteiger partial charge in [0, 0.05) is 34.3 Å². The van der Waals surface area contributed by atoms with E-state index in [-0.39, 0.29) is 0 Å². The largest absolute Gasteiger partial charge is 0.385 e. The number of hydrogen-bond donors (Lipinski definition) is 2. The average molecular weight is 304 g/mol. The molecule has 0 aliphatic rings. The van der Waals surface area contributed by atoms with Crippen LogP contribution in [0.25, 0.3) is 0 Å². The van der Waals surface area contributed by atoms with Crippen LogP contribution in [0.2, 0.25) is 0 Å². The van der Waals surface area contributed by atoms with Crippen LogP contribution in [0.1, 0.15) is 13.8 Å². The molecule has 0 unspecified atom stereocenters. The lowest BCUT2D eigenvalue weighted by Gasteiger charge is -2.06. The lowest BCUT2D eigenvalue weighted by Crippen LogP contribution is -1.95. The zero-order valence-electron chi connectivity index (χ0n) is 11.8. The van der Waals surface area contributed by atoms with Gasteiger partial charge in [0.25, 0.3) is 0 Å². The van der Waals surface area contributed by atoms with E-state index in [2.05, 4.69) is 73.0 Å². The zero-order chi connectivity index (χ0) is 14.2. The Balaban J connectivity index is 1.87. The van der Waals surface area contributed by atoms with Crippen molar-refractivity contribution in [1.29, 1.82) is 0 Å². The van der Waals surface area contributed by atoms with Crippen LogP contribution < -0.4 is 10.6 Å². The topological polar surface area (TPSA) is 24.1 Å². The Morgan fingerprint density at radius 2 is 1.00 bits per heavy atom. The lowest BCUT2D eigenvalue weighted by atomic mass is 10.3. The van der Waals surface area contributed by atoms with Crippen molar-refractivity contribution in [2.75, 3.05) is 23.7 Å². The molecule has 106 valence electrons. The van der Waals surface area contributed by atoms with E-state index in [0.717, 1.165) is 13.1 Å². The SMILES string of the molecule is CCNc1ccc(SSc2ccc(NCC)cc2)cc1. The van der Waals surface area contributed by atoms with Gasteiger partial charge in [-0.1, -0.05) is 21.6 Å². The highest BCUT2D eigenvalue weighted by Crippen LogP contribution is 2.37. The van der Waals surface area contributed by atoms with Crippen molar-refractivity contribution >= 4 is 33.0 Å². The molecule has 2 aromatic carbocycles. The zero-order valence-corrected chi connectivity index (χ0v) is 13.5. The molecular weight excluding hydrogens is 284 g/mol. The van der Waals surface area contributed by atoms with Gasteiger partial charge in [0.2, 0.25) is 0 Å². The minimum Gasteiger partial charge on any atom is -0.385 e. The van der Waals surface area contributed by atoms with Gasteiger partial charge in [-0.15, -0.1) is 0 Å². The van der Waals surface area contributed by atoms with Crippen molar-refractivity contribution in [3.63, 3.8) is 0 Å². The van der Waals surface area contributed by atoms with Crippen LogP contribution in [0, 0.1) is 0 Å². The highest BCUT2D eigenvalue weighted by molar-refractivity contribution is 8.76. The minimum atomic E-state index is 0.958. The van der Waals surface area contributed by atoms with Crippen molar-refractivity contribution in [2.45, 2.75) is 23.6 Å². The fourth-order valence-corrected chi connectivity index (χ4v) is 3.69. The molecule has 0 amide bonds. The van der Waals surface area contributed by atoms with Gasteiger partial charge in [-0.2, -0.15) is 0 Å². The molecule has 20 heavy (non-hydrogen) atoms. The number of rotatable bonds is 7. The fourth-order valence-electron chi connectivity index (χ4n) is 1.76. The van der Waals surface area contributed by atoms with E-state index in [4.69, 9.17) is 0 Å². The molecule has 0 atom stereocenters. The van der Waals surface area contributed by atoms with E-state index in [1.54, 1.807) is 21.6 Å². The molecule has 0 saturated carbocycles. The Morgan fingerprint density at radius 1 is 0.650 bits per heavy atom. The summed E-state index contributed by atoms with van der Waals surface area (Å²) in [5.41, 5.74) is 2.36. The first-order valence-electron chi connectivity index (χ1n) is 6.84. The molecule has 0 bridgehead atoms. The van der Waals surface area contributed by atoms with Crippen LogP contribution in [0.15, 0.2) is 58.3 Å². The Hall–Kier alpha value is -1.26. The highest BCUT2D eigenvalue weighted by atomic mass is 33.1. The molecule has 0 radical (unpaired) electrons. The summed E-state index contributed by atoms with van der Waals surface area (Å²) >= 11 is 0. The van der Waals surface area contributed by atoms with Crippen molar-refractivity contribution in [3.05, 3.63) is 48.5 Å². The molecule has 2 rings (SSSR count). The Kier molecular flexibility index (Phi) is 6.15. The Morgan fingerprint density at radius 3 is 1.30 bits per heavy atom. The third kappa shape index (κ3) is 4.69. The number of benzene rings is 2. The van der Waals surface area contributed by atoms with Crippen LogP contribution in [-0.2, 0) is 0 Å². The number of hydrogen-bond acceptors (Lipinski definition) is 4. The Labute approximate surface area is 129 Å².